The second kappa shape index (κ2) is 7.18. The minimum atomic E-state index is -0.849. The second-order valence-electron chi connectivity index (χ2n) is 8.01. The predicted octanol–water partition coefficient (Wildman–Crippen LogP) is 2.54. The van der Waals surface area contributed by atoms with Crippen LogP contribution in [0.1, 0.15) is 50.5 Å². The molecular formula is C20H25N5O2. The van der Waals surface area contributed by atoms with E-state index in [1.54, 1.807) is 0 Å². The van der Waals surface area contributed by atoms with Gasteiger partial charge in [0, 0.05) is 19.0 Å². The third-order valence-electron chi connectivity index (χ3n) is 6.07. The Hall–Kier alpha value is -2.62. The van der Waals surface area contributed by atoms with E-state index >= 15 is 0 Å². The fourth-order valence-corrected chi connectivity index (χ4v) is 4.72. The molecule has 3 heterocycles. The predicted molar refractivity (Wildman–Crippen MR) is 102 cm³/mol. The summed E-state index contributed by atoms with van der Waals surface area (Å²) in [6.07, 6.45) is 8.98. The van der Waals surface area contributed by atoms with E-state index in [0.717, 1.165) is 38.8 Å². The molecule has 1 saturated heterocycles. The fraction of sp³-hybridized carbons (Fsp3) is 0.600. The number of anilines is 2. The van der Waals surface area contributed by atoms with Gasteiger partial charge in [0.15, 0.2) is 0 Å². The van der Waals surface area contributed by atoms with Gasteiger partial charge in [0.25, 0.3) is 5.56 Å². The van der Waals surface area contributed by atoms with Gasteiger partial charge in [-0.1, -0.05) is 19.1 Å². The second-order valence-corrected chi connectivity index (χ2v) is 8.01. The summed E-state index contributed by atoms with van der Waals surface area (Å²) in [6.45, 7) is 3.87. The Kier molecular flexibility index (Phi) is 4.73. The third kappa shape index (κ3) is 3.25. The van der Waals surface area contributed by atoms with Crippen LogP contribution in [0.15, 0.2) is 16.9 Å². The molecule has 0 radical (unpaired) electrons. The largest absolute Gasteiger partial charge is 0.342 e. The molecule has 0 bridgehead atoms. The number of fused-ring (bicyclic) bond motifs is 1. The molecule has 1 aliphatic carbocycles. The van der Waals surface area contributed by atoms with E-state index in [-0.39, 0.29) is 17.4 Å². The Morgan fingerprint density at radius 2 is 2.15 bits per heavy atom. The maximum absolute atomic E-state index is 13.0. The molecule has 0 aromatic carbocycles. The molecule has 2 N–H and O–H groups in total. The summed E-state index contributed by atoms with van der Waals surface area (Å²) in [5.74, 6) is -0.105. The van der Waals surface area contributed by atoms with Gasteiger partial charge in [0.2, 0.25) is 11.9 Å². The zero-order chi connectivity index (χ0) is 19.0. The molecule has 1 amide bonds. The number of hydrogen-bond acceptors (Lipinski definition) is 5. The van der Waals surface area contributed by atoms with Gasteiger partial charge in [-0.3, -0.25) is 14.6 Å². The molecule has 142 valence electrons. The summed E-state index contributed by atoms with van der Waals surface area (Å²) in [5.41, 5.74) is 0.239. The molecule has 3 aliphatic rings. The number of aromatic amines is 1. The van der Waals surface area contributed by atoms with Crippen molar-refractivity contribution >= 4 is 17.7 Å². The minimum Gasteiger partial charge on any atom is -0.342 e. The van der Waals surface area contributed by atoms with Crippen molar-refractivity contribution in [2.75, 3.05) is 23.3 Å². The van der Waals surface area contributed by atoms with Gasteiger partial charge >= 0.3 is 0 Å². The van der Waals surface area contributed by atoms with E-state index < -0.39 is 11.8 Å². The van der Waals surface area contributed by atoms with Gasteiger partial charge in [-0.15, -0.1) is 0 Å². The van der Waals surface area contributed by atoms with E-state index in [1.807, 2.05) is 0 Å². The summed E-state index contributed by atoms with van der Waals surface area (Å²) in [5, 5.41) is 12.3. The van der Waals surface area contributed by atoms with Gasteiger partial charge in [-0.2, -0.15) is 10.2 Å². The van der Waals surface area contributed by atoms with Crippen molar-refractivity contribution in [1.82, 2.24) is 9.97 Å². The molecule has 4 rings (SSSR count). The Balaban J connectivity index is 1.76. The SMILES string of the molecule is CC1CCCN(c2nc3c(c(=O)[nH]2)C(C2CC=CCC2)C(C#N)C(=O)N3)C1. The Bertz CT molecular complexity index is 868. The summed E-state index contributed by atoms with van der Waals surface area (Å²) in [7, 11) is 0. The van der Waals surface area contributed by atoms with E-state index in [0.29, 0.717) is 23.2 Å². The number of rotatable bonds is 2. The van der Waals surface area contributed by atoms with Gasteiger partial charge in [-0.25, -0.2) is 0 Å². The standard InChI is InChI=1S/C20H25N5O2/c1-12-6-5-9-25(11-12)20-23-17-16(19(27)24-20)15(13-7-3-2-4-8-13)14(10-21)18(26)22-17/h2-3,12-15H,4-9,11H2,1H3,(H2,22,23,24,26,27). The van der Waals surface area contributed by atoms with Crippen molar-refractivity contribution in [3.05, 3.63) is 28.1 Å². The van der Waals surface area contributed by atoms with Crippen LogP contribution in [0.2, 0.25) is 0 Å². The number of nitrogens with one attached hydrogen (secondary N) is 2. The van der Waals surface area contributed by atoms with Crippen molar-refractivity contribution in [2.24, 2.45) is 17.8 Å². The monoisotopic (exact) mass is 367 g/mol. The molecule has 7 heteroatoms. The van der Waals surface area contributed by atoms with Gasteiger partial charge in [0.05, 0.1) is 11.6 Å². The lowest BCUT2D eigenvalue weighted by Crippen LogP contribution is -2.42. The molecule has 1 aromatic heterocycles. The van der Waals surface area contributed by atoms with Crippen LogP contribution in [0, 0.1) is 29.1 Å². The Morgan fingerprint density at radius 3 is 2.85 bits per heavy atom. The number of carbonyl (C=O) groups is 1. The number of nitriles is 1. The quantitative estimate of drug-likeness (QED) is 0.782. The number of piperidine rings is 1. The van der Waals surface area contributed by atoms with Crippen molar-refractivity contribution in [3.63, 3.8) is 0 Å². The Morgan fingerprint density at radius 1 is 1.30 bits per heavy atom. The van der Waals surface area contributed by atoms with Crippen LogP contribution in [-0.2, 0) is 4.79 Å². The smallest absolute Gasteiger partial charge is 0.257 e. The lowest BCUT2D eigenvalue weighted by Gasteiger charge is -2.36. The first-order chi connectivity index (χ1) is 13.1. The fourth-order valence-electron chi connectivity index (χ4n) is 4.72. The first kappa shape index (κ1) is 17.8. The molecule has 2 aliphatic heterocycles. The lowest BCUT2D eigenvalue weighted by atomic mass is 9.71. The molecular weight excluding hydrogens is 342 g/mol. The van der Waals surface area contributed by atoms with E-state index in [1.165, 1.54) is 6.42 Å². The molecule has 4 atom stereocenters. The molecule has 0 saturated carbocycles. The Labute approximate surface area is 158 Å². The van der Waals surface area contributed by atoms with E-state index in [2.05, 4.69) is 45.3 Å². The number of nitrogens with zero attached hydrogens (tertiary/aromatic N) is 3. The summed E-state index contributed by atoms with van der Waals surface area (Å²) >= 11 is 0. The maximum atomic E-state index is 13.0. The van der Waals surface area contributed by atoms with Gasteiger partial charge in [0.1, 0.15) is 11.7 Å². The van der Waals surface area contributed by atoms with Crippen LogP contribution in [0.3, 0.4) is 0 Å². The molecule has 4 unspecified atom stereocenters. The normalized spacial score (nSPS) is 30.4. The highest BCUT2D eigenvalue weighted by molar-refractivity contribution is 5.97. The number of amides is 1. The van der Waals surface area contributed by atoms with Crippen molar-refractivity contribution in [2.45, 2.75) is 44.9 Å². The first-order valence-corrected chi connectivity index (χ1v) is 9.83. The number of hydrogen-bond donors (Lipinski definition) is 2. The van der Waals surface area contributed by atoms with Crippen molar-refractivity contribution in [3.8, 4) is 6.07 Å². The highest BCUT2D eigenvalue weighted by atomic mass is 16.2. The van der Waals surface area contributed by atoms with Crippen molar-refractivity contribution in [1.29, 1.82) is 5.26 Å². The highest BCUT2D eigenvalue weighted by Gasteiger charge is 2.43. The van der Waals surface area contributed by atoms with Gasteiger partial charge < -0.3 is 10.2 Å². The van der Waals surface area contributed by atoms with E-state index in [9.17, 15) is 14.9 Å². The minimum absolute atomic E-state index is 0.105. The van der Waals surface area contributed by atoms with Crippen molar-refractivity contribution < 1.29 is 4.79 Å². The molecule has 0 spiro atoms. The average molecular weight is 367 g/mol. The van der Waals surface area contributed by atoms with Crippen LogP contribution < -0.4 is 15.8 Å². The summed E-state index contributed by atoms with van der Waals surface area (Å²) < 4.78 is 0. The lowest BCUT2D eigenvalue weighted by molar-refractivity contribution is -0.119. The average Bonchev–Trinajstić information content (AvgIpc) is 2.67. The van der Waals surface area contributed by atoms with E-state index in [4.69, 9.17) is 0 Å². The summed E-state index contributed by atoms with van der Waals surface area (Å²) in [6, 6.07) is 2.13. The van der Waals surface area contributed by atoms with Crippen LogP contribution >= 0.6 is 0 Å². The zero-order valence-electron chi connectivity index (χ0n) is 15.6. The third-order valence-corrected chi connectivity index (χ3v) is 6.07. The zero-order valence-corrected chi connectivity index (χ0v) is 15.6. The summed E-state index contributed by atoms with van der Waals surface area (Å²) in [4.78, 5) is 35.2. The van der Waals surface area contributed by atoms with Crippen LogP contribution in [0.4, 0.5) is 11.8 Å². The highest BCUT2D eigenvalue weighted by Crippen LogP contribution is 2.43. The number of carbonyl (C=O) groups excluding carboxylic acids is 1. The maximum Gasteiger partial charge on any atom is 0.257 e. The van der Waals surface area contributed by atoms with Crippen LogP contribution in [0.5, 0.6) is 0 Å². The topological polar surface area (TPSA) is 102 Å². The molecule has 27 heavy (non-hydrogen) atoms. The van der Waals surface area contributed by atoms with Crippen LogP contribution in [0.25, 0.3) is 0 Å². The first-order valence-electron chi connectivity index (χ1n) is 9.83. The molecule has 1 aromatic rings. The number of aromatic nitrogens is 2. The van der Waals surface area contributed by atoms with Crippen LogP contribution in [-0.4, -0.2) is 29.0 Å². The number of allylic oxidation sites excluding steroid dienone is 2. The molecule has 7 nitrogen and oxygen atoms in total. The molecule has 1 fully saturated rings. The van der Waals surface area contributed by atoms with Gasteiger partial charge in [-0.05, 0) is 43.9 Å². The number of H-pyrrole nitrogens is 1.